The van der Waals surface area contributed by atoms with Gasteiger partial charge in [0.1, 0.15) is 5.76 Å². The number of hydrogen-bond acceptors (Lipinski definition) is 3. The summed E-state index contributed by atoms with van der Waals surface area (Å²) in [4.78, 5) is 11.3. The highest BCUT2D eigenvalue weighted by Gasteiger charge is 2.10. The molecule has 1 aromatic carbocycles. The Balaban J connectivity index is 2.86. The summed E-state index contributed by atoms with van der Waals surface area (Å²) in [5.41, 5.74) is 0. The number of carbonyl (C=O) groups excluding carboxylic acids is 1. The Morgan fingerprint density at radius 1 is 1.50 bits per heavy atom. The van der Waals surface area contributed by atoms with Crippen LogP contribution in [0.4, 0.5) is 4.39 Å². The van der Waals surface area contributed by atoms with Crippen molar-refractivity contribution >= 4 is 37.8 Å². The lowest BCUT2D eigenvalue weighted by atomic mass is 10.3. The predicted molar refractivity (Wildman–Crippen MR) is 73.2 cm³/mol. The molecule has 0 atom stereocenters. The van der Waals surface area contributed by atoms with Gasteiger partial charge in [-0.15, -0.1) is 0 Å². The van der Waals surface area contributed by atoms with Gasteiger partial charge >= 0.3 is 5.97 Å². The topological polar surface area (TPSA) is 35.5 Å². The van der Waals surface area contributed by atoms with E-state index in [1.165, 1.54) is 12.1 Å². The molecule has 0 aliphatic carbocycles. The molecular formula is C12H11Br2FO3. The van der Waals surface area contributed by atoms with Crippen LogP contribution in [0.1, 0.15) is 6.92 Å². The van der Waals surface area contributed by atoms with Crippen LogP contribution in [-0.4, -0.2) is 17.9 Å². The normalized spacial score (nSPS) is 11.2. The number of carbonyl (C=O) groups is 1. The maximum absolute atomic E-state index is 13.7. The average Bonchev–Trinajstić information content (AvgIpc) is 2.34. The smallest absolute Gasteiger partial charge is 0.334 e. The molecule has 0 spiro atoms. The van der Waals surface area contributed by atoms with Crippen LogP contribution in [0, 0.1) is 5.82 Å². The Bertz CT molecular complexity index is 461. The Hall–Kier alpha value is -0.880. The molecule has 98 valence electrons. The Morgan fingerprint density at radius 3 is 2.83 bits per heavy atom. The minimum atomic E-state index is -0.526. The predicted octanol–water partition coefficient (Wildman–Crippen LogP) is 3.81. The molecule has 3 nitrogen and oxygen atoms in total. The minimum Gasteiger partial charge on any atom is -0.463 e. The number of esters is 1. The van der Waals surface area contributed by atoms with E-state index in [4.69, 9.17) is 9.47 Å². The van der Waals surface area contributed by atoms with Crippen molar-refractivity contribution in [3.8, 4) is 5.75 Å². The first-order chi connectivity index (χ1) is 8.58. The zero-order valence-corrected chi connectivity index (χ0v) is 12.8. The van der Waals surface area contributed by atoms with Crippen molar-refractivity contribution < 1.29 is 18.7 Å². The molecule has 0 unspecified atom stereocenters. The maximum atomic E-state index is 13.7. The van der Waals surface area contributed by atoms with Crippen LogP contribution in [0.2, 0.25) is 0 Å². The van der Waals surface area contributed by atoms with Gasteiger partial charge in [0.2, 0.25) is 0 Å². The number of rotatable bonds is 5. The fourth-order valence-electron chi connectivity index (χ4n) is 1.11. The van der Waals surface area contributed by atoms with Gasteiger partial charge in [0.05, 0.1) is 22.5 Å². The van der Waals surface area contributed by atoms with E-state index in [-0.39, 0.29) is 23.4 Å². The van der Waals surface area contributed by atoms with E-state index < -0.39 is 11.8 Å². The molecule has 0 bridgehead atoms. The summed E-state index contributed by atoms with van der Waals surface area (Å²) >= 11 is 6.22. The molecule has 1 aromatic rings. The minimum absolute atomic E-state index is 0.0411. The Morgan fingerprint density at radius 2 is 2.22 bits per heavy atom. The van der Waals surface area contributed by atoms with Gasteiger partial charge in [0.25, 0.3) is 0 Å². The van der Waals surface area contributed by atoms with Crippen LogP contribution in [0.5, 0.6) is 5.75 Å². The van der Waals surface area contributed by atoms with Crippen LogP contribution >= 0.6 is 31.9 Å². The van der Waals surface area contributed by atoms with Gasteiger partial charge in [-0.05, 0) is 35.0 Å². The summed E-state index contributed by atoms with van der Waals surface area (Å²) in [6, 6.07) is 4.67. The first kappa shape index (κ1) is 15.2. The molecule has 0 N–H and O–H groups in total. The van der Waals surface area contributed by atoms with Gasteiger partial charge in [0.15, 0.2) is 11.6 Å². The third-order valence-corrected chi connectivity index (χ3v) is 3.02. The molecule has 0 saturated heterocycles. The molecule has 1 rings (SSSR count). The maximum Gasteiger partial charge on any atom is 0.334 e. The number of benzene rings is 1. The van der Waals surface area contributed by atoms with Crippen molar-refractivity contribution in [2.24, 2.45) is 0 Å². The van der Waals surface area contributed by atoms with Gasteiger partial charge < -0.3 is 9.47 Å². The monoisotopic (exact) mass is 380 g/mol. The summed E-state index contributed by atoms with van der Waals surface area (Å²) < 4.78 is 24.0. The third-order valence-electron chi connectivity index (χ3n) is 1.85. The van der Waals surface area contributed by atoms with Crippen molar-refractivity contribution in [3.63, 3.8) is 0 Å². The van der Waals surface area contributed by atoms with E-state index in [1.807, 2.05) is 0 Å². The highest BCUT2D eigenvalue weighted by Crippen LogP contribution is 2.26. The van der Waals surface area contributed by atoms with Crippen molar-refractivity contribution in [1.29, 1.82) is 0 Å². The summed E-state index contributed by atoms with van der Waals surface area (Å²) in [6.45, 7) is 1.98. The third kappa shape index (κ3) is 4.42. The van der Waals surface area contributed by atoms with Crippen molar-refractivity contribution in [2.75, 3.05) is 11.9 Å². The van der Waals surface area contributed by atoms with E-state index in [0.29, 0.717) is 4.47 Å². The highest BCUT2D eigenvalue weighted by atomic mass is 79.9. The Labute approximate surface area is 121 Å². The number of ether oxygens (including phenoxy) is 2. The second-order valence-corrected chi connectivity index (χ2v) is 4.57. The fourth-order valence-corrected chi connectivity index (χ4v) is 1.74. The van der Waals surface area contributed by atoms with Gasteiger partial charge in [-0.3, -0.25) is 0 Å². The van der Waals surface area contributed by atoms with Crippen LogP contribution in [-0.2, 0) is 9.53 Å². The summed E-state index contributed by atoms with van der Waals surface area (Å²) in [6.07, 6.45) is 1.18. The van der Waals surface area contributed by atoms with Gasteiger partial charge in [-0.2, -0.15) is 0 Å². The summed E-state index contributed by atoms with van der Waals surface area (Å²) in [5, 5.41) is 0.276. The standard InChI is InChI=1S/C12H11Br2FO3/c1-2-17-11(16)6-8(7-13)18-10-5-3-4-9(14)12(10)15/h3-6H,2,7H2,1H3/b8-6+. The molecule has 0 aliphatic rings. The lowest BCUT2D eigenvalue weighted by Gasteiger charge is -2.09. The van der Waals surface area contributed by atoms with Crippen LogP contribution < -0.4 is 4.74 Å². The zero-order valence-electron chi connectivity index (χ0n) is 9.58. The molecule has 0 aliphatic heterocycles. The zero-order chi connectivity index (χ0) is 13.5. The summed E-state index contributed by atoms with van der Waals surface area (Å²) in [7, 11) is 0. The van der Waals surface area contributed by atoms with E-state index >= 15 is 0 Å². The number of alkyl halides is 1. The molecule has 0 fully saturated rings. The average molecular weight is 382 g/mol. The van der Waals surface area contributed by atoms with Gasteiger partial charge in [0, 0.05) is 0 Å². The second-order valence-electron chi connectivity index (χ2n) is 3.15. The van der Waals surface area contributed by atoms with Crippen LogP contribution in [0.25, 0.3) is 0 Å². The first-order valence-corrected chi connectivity index (χ1v) is 7.05. The molecular weight excluding hydrogens is 371 g/mol. The van der Waals surface area contributed by atoms with E-state index in [0.717, 1.165) is 0 Å². The fraction of sp³-hybridized carbons (Fsp3) is 0.250. The molecule has 0 radical (unpaired) electrons. The first-order valence-electron chi connectivity index (χ1n) is 5.13. The molecule has 0 heterocycles. The van der Waals surface area contributed by atoms with E-state index in [9.17, 15) is 9.18 Å². The van der Waals surface area contributed by atoms with Crippen LogP contribution in [0.15, 0.2) is 34.5 Å². The van der Waals surface area contributed by atoms with E-state index in [2.05, 4.69) is 31.9 Å². The Kier molecular flexibility index (Phi) is 6.35. The van der Waals surface area contributed by atoms with Crippen molar-refractivity contribution in [1.82, 2.24) is 0 Å². The lowest BCUT2D eigenvalue weighted by Crippen LogP contribution is -2.06. The summed E-state index contributed by atoms with van der Waals surface area (Å²) in [5.74, 6) is -0.736. The molecule has 0 aromatic heterocycles. The number of allylic oxidation sites excluding steroid dienone is 1. The number of hydrogen-bond donors (Lipinski definition) is 0. The quantitative estimate of drug-likeness (QED) is 0.336. The highest BCUT2D eigenvalue weighted by molar-refractivity contribution is 9.10. The van der Waals surface area contributed by atoms with Gasteiger partial charge in [-0.1, -0.05) is 22.0 Å². The second kappa shape index (κ2) is 7.53. The van der Waals surface area contributed by atoms with Crippen molar-refractivity contribution in [2.45, 2.75) is 6.92 Å². The molecule has 18 heavy (non-hydrogen) atoms. The molecule has 0 saturated carbocycles. The van der Waals surface area contributed by atoms with Crippen molar-refractivity contribution in [3.05, 3.63) is 40.3 Å². The van der Waals surface area contributed by atoms with Gasteiger partial charge in [-0.25, -0.2) is 9.18 Å². The lowest BCUT2D eigenvalue weighted by molar-refractivity contribution is -0.137. The van der Waals surface area contributed by atoms with E-state index in [1.54, 1.807) is 19.1 Å². The molecule has 6 heteroatoms. The SMILES string of the molecule is CCOC(=O)/C=C(\CBr)Oc1cccc(Br)c1F. The van der Waals surface area contributed by atoms with Crippen LogP contribution in [0.3, 0.4) is 0 Å². The number of halogens is 3. The largest absolute Gasteiger partial charge is 0.463 e. The molecule has 0 amide bonds.